The molecular formula is C33H30N4O2S. The van der Waals surface area contributed by atoms with E-state index in [1.165, 1.54) is 11.3 Å². The van der Waals surface area contributed by atoms with Crippen LogP contribution in [0.4, 0.5) is 11.4 Å². The number of benzene rings is 4. The van der Waals surface area contributed by atoms with Gasteiger partial charge in [-0.3, -0.25) is 9.59 Å². The van der Waals surface area contributed by atoms with Crippen molar-refractivity contribution in [3.05, 3.63) is 137 Å². The molecule has 0 bridgehead atoms. The van der Waals surface area contributed by atoms with Gasteiger partial charge in [0.15, 0.2) is 0 Å². The zero-order valence-corrected chi connectivity index (χ0v) is 22.8. The first-order valence-corrected chi connectivity index (χ1v) is 14.1. The highest BCUT2D eigenvalue weighted by Gasteiger charge is 2.13. The van der Waals surface area contributed by atoms with Crippen LogP contribution in [0.3, 0.4) is 0 Å². The van der Waals surface area contributed by atoms with Gasteiger partial charge < -0.3 is 15.5 Å². The number of thiazole rings is 1. The number of aromatic nitrogens is 1. The SMILES string of the molecule is O=C(NCCc1nc(C(=O)NCCN(c2ccccc2)c2ccccc2)cs1)c1ccc(-c2ccccc2)cc1. The lowest BCUT2D eigenvalue weighted by Gasteiger charge is -2.25. The van der Waals surface area contributed by atoms with Crippen molar-refractivity contribution in [2.24, 2.45) is 0 Å². The van der Waals surface area contributed by atoms with Gasteiger partial charge in [-0.1, -0.05) is 78.9 Å². The summed E-state index contributed by atoms with van der Waals surface area (Å²) in [5.41, 5.74) is 5.32. The number of anilines is 2. The van der Waals surface area contributed by atoms with E-state index in [0.29, 0.717) is 37.3 Å². The third kappa shape index (κ3) is 7.01. The summed E-state index contributed by atoms with van der Waals surface area (Å²) >= 11 is 1.42. The van der Waals surface area contributed by atoms with E-state index in [-0.39, 0.29) is 11.8 Å². The molecule has 0 radical (unpaired) electrons. The van der Waals surface area contributed by atoms with Gasteiger partial charge in [0.05, 0.1) is 5.01 Å². The summed E-state index contributed by atoms with van der Waals surface area (Å²) in [7, 11) is 0. The number of hydrogen-bond acceptors (Lipinski definition) is 5. The molecule has 0 aliphatic heterocycles. The van der Waals surface area contributed by atoms with Crippen LogP contribution in [-0.2, 0) is 6.42 Å². The third-order valence-corrected chi connectivity index (χ3v) is 7.33. The van der Waals surface area contributed by atoms with Crippen LogP contribution in [0.1, 0.15) is 25.9 Å². The molecule has 4 aromatic carbocycles. The van der Waals surface area contributed by atoms with Crippen LogP contribution in [0, 0.1) is 0 Å². The zero-order chi connectivity index (χ0) is 27.6. The van der Waals surface area contributed by atoms with Crippen LogP contribution in [0.15, 0.2) is 121 Å². The molecule has 0 fully saturated rings. The number of carbonyl (C=O) groups is 2. The predicted molar refractivity (Wildman–Crippen MR) is 162 cm³/mol. The number of para-hydroxylation sites is 2. The van der Waals surface area contributed by atoms with Gasteiger partial charge in [0.25, 0.3) is 11.8 Å². The van der Waals surface area contributed by atoms with Crippen molar-refractivity contribution in [3.8, 4) is 11.1 Å². The molecule has 0 aliphatic carbocycles. The summed E-state index contributed by atoms with van der Waals surface area (Å²) in [6.07, 6.45) is 0.557. The second-order valence-electron chi connectivity index (χ2n) is 9.15. The fourth-order valence-corrected chi connectivity index (χ4v) is 5.13. The molecule has 0 saturated carbocycles. The van der Waals surface area contributed by atoms with Crippen molar-refractivity contribution in [3.63, 3.8) is 0 Å². The fourth-order valence-electron chi connectivity index (χ4n) is 4.35. The molecule has 1 aromatic heterocycles. The van der Waals surface area contributed by atoms with E-state index in [9.17, 15) is 9.59 Å². The van der Waals surface area contributed by atoms with Crippen molar-refractivity contribution in [2.75, 3.05) is 24.5 Å². The lowest BCUT2D eigenvalue weighted by Crippen LogP contribution is -2.33. The largest absolute Gasteiger partial charge is 0.352 e. The summed E-state index contributed by atoms with van der Waals surface area (Å²) in [4.78, 5) is 32.0. The van der Waals surface area contributed by atoms with Crippen molar-refractivity contribution >= 4 is 34.5 Å². The first-order chi connectivity index (χ1) is 19.7. The number of nitrogens with one attached hydrogen (secondary N) is 2. The molecule has 0 aliphatic rings. The van der Waals surface area contributed by atoms with E-state index in [4.69, 9.17) is 0 Å². The minimum atomic E-state index is -0.203. The Morgan fingerprint density at radius 2 is 1.20 bits per heavy atom. The summed E-state index contributed by atoms with van der Waals surface area (Å²) in [6, 6.07) is 37.9. The van der Waals surface area contributed by atoms with Crippen LogP contribution in [0.25, 0.3) is 11.1 Å². The number of nitrogens with zero attached hydrogens (tertiary/aromatic N) is 2. The van der Waals surface area contributed by atoms with E-state index < -0.39 is 0 Å². The lowest BCUT2D eigenvalue weighted by molar-refractivity contribution is 0.0942. The molecule has 0 atom stereocenters. The third-order valence-electron chi connectivity index (χ3n) is 6.42. The maximum atomic E-state index is 12.8. The average molecular weight is 547 g/mol. The van der Waals surface area contributed by atoms with E-state index in [1.807, 2.05) is 91.0 Å². The van der Waals surface area contributed by atoms with Gasteiger partial charge in [-0.2, -0.15) is 0 Å². The highest BCUT2D eigenvalue weighted by molar-refractivity contribution is 7.09. The van der Waals surface area contributed by atoms with Gasteiger partial charge in [0, 0.05) is 48.4 Å². The molecule has 2 amide bonds. The molecule has 0 saturated heterocycles. The standard InChI is InChI=1S/C33H30N4O2S/c38-32(27-18-16-26(17-19-27)25-10-4-1-5-11-25)34-21-20-31-36-30(24-40-31)33(39)35-22-23-37(28-12-6-2-7-13-28)29-14-8-3-9-15-29/h1-19,24H,20-23H2,(H,34,38)(H,35,39). The Balaban J connectivity index is 1.09. The quantitative estimate of drug-likeness (QED) is 0.202. The molecule has 0 unspecified atom stereocenters. The number of carbonyl (C=O) groups excluding carboxylic acids is 2. The first-order valence-electron chi connectivity index (χ1n) is 13.2. The second kappa shape index (κ2) is 13.4. The minimum absolute atomic E-state index is 0.129. The second-order valence-corrected chi connectivity index (χ2v) is 10.1. The van der Waals surface area contributed by atoms with Gasteiger partial charge in [0.1, 0.15) is 5.69 Å². The normalized spacial score (nSPS) is 10.6. The molecule has 0 spiro atoms. The van der Waals surface area contributed by atoms with Gasteiger partial charge in [-0.15, -0.1) is 11.3 Å². The molecule has 200 valence electrons. The van der Waals surface area contributed by atoms with Gasteiger partial charge in [-0.25, -0.2) is 4.98 Å². The Bertz CT molecular complexity index is 1480. The molecule has 1 heterocycles. The lowest BCUT2D eigenvalue weighted by atomic mass is 10.0. The molecule has 7 heteroatoms. The van der Waals surface area contributed by atoms with E-state index >= 15 is 0 Å². The van der Waals surface area contributed by atoms with E-state index in [2.05, 4.69) is 44.8 Å². The Morgan fingerprint density at radius 3 is 1.82 bits per heavy atom. The Hall–Kier alpha value is -4.75. The Kier molecular flexibility index (Phi) is 8.96. The topological polar surface area (TPSA) is 74.3 Å². The highest BCUT2D eigenvalue weighted by atomic mass is 32.1. The van der Waals surface area contributed by atoms with Crippen molar-refractivity contribution in [1.82, 2.24) is 15.6 Å². The van der Waals surface area contributed by atoms with Crippen LogP contribution in [0.2, 0.25) is 0 Å². The fraction of sp³-hybridized carbons (Fsp3) is 0.121. The molecule has 5 rings (SSSR count). The average Bonchev–Trinajstić information content (AvgIpc) is 3.50. The summed E-state index contributed by atoms with van der Waals surface area (Å²) in [5, 5.41) is 8.50. The van der Waals surface area contributed by atoms with Gasteiger partial charge in [0.2, 0.25) is 0 Å². The molecule has 40 heavy (non-hydrogen) atoms. The smallest absolute Gasteiger partial charge is 0.270 e. The highest BCUT2D eigenvalue weighted by Crippen LogP contribution is 2.24. The van der Waals surface area contributed by atoms with Crippen molar-refractivity contribution in [2.45, 2.75) is 6.42 Å². The minimum Gasteiger partial charge on any atom is -0.352 e. The number of amides is 2. The molecule has 5 aromatic rings. The van der Waals surface area contributed by atoms with Crippen LogP contribution >= 0.6 is 11.3 Å². The van der Waals surface area contributed by atoms with E-state index in [0.717, 1.165) is 27.5 Å². The van der Waals surface area contributed by atoms with Crippen molar-refractivity contribution in [1.29, 1.82) is 0 Å². The predicted octanol–water partition coefficient (Wildman–Crippen LogP) is 6.35. The Labute approximate surface area is 238 Å². The molecule has 2 N–H and O–H groups in total. The van der Waals surface area contributed by atoms with E-state index in [1.54, 1.807) is 5.38 Å². The number of hydrogen-bond donors (Lipinski definition) is 2. The van der Waals surface area contributed by atoms with Crippen LogP contribution in [-0.4, -0.2) is 36.4 Å². The monoisotopic (exact) mass is 546 g/mol. The molecular weight excluding hydrogens is 516 g/mol. The van der Waals surface area contributed by atoms with Crippen LogP contribution in [0.5, 0.6) is 0 Å². The number of rotatable bonds is 11. The Morgan fingerprint density at radius 1 is 0.650 bits per heavy atom. The molecule has 6 nitrogen and oxygen atoms in total. The maximum Gasteiger partial charge on any atom is 0.270 e. The summed E-state index contributed by atoms with van der Waals surface area (Å²) < 4.78 is 0. The van der Waals surface area contributed by atoms with Gasteiger partial charge >= 0.3 is 0 Å². The first kappa shape index (κ1) is 26.8. The summed E-state index contributed by atoms with van der Waals surface area (Å²) in [6.45, 7) is 1.53. The maximum absolute atomic E-state index is 12.8. The van der Waals surface area contributed by atoms with Crippen LogP contribution < -0.4 is 15.5 Å². The van der Waals surface area contributed by atoms with Gasteiger partial charge in [-0.05, 0) is 47.5 Å². The zero-order valence-electron chi connectivity index (χ0n) is 22.0. The van der Waals surface area contributed by atoms with Crippen molar-refractivity contribution < 1.29 is 9.59 Å². The summed E-state index contributed by atoms with van der Waals surface area (Å²) in [5.74, 6) is -0.332.